The lowest BCUT2D eigenvalue weighted by atomic mass is 10.3. The van der Waals surface area contributed by atoms with E-state index in [9.17, 15) is 0 Å². The molecule has 0 bridgehead atoms. The van der Waals surface area contributed by atoms with Crippen LogP contribution < -0.4 is 15.0 Å². The first-order valence-corrected chi connectivity index (χ1v) is 7.02. The summed E-state index contributed by atoms with van der Waals surface area (Å²) in [5.41, 5.74) is 2.36. The zero-order chi connectivity index (χ0) is 14.2. The van der Waals surface area contributed by atoms with Gasteiger partial charge in [-0.2, -0.15) is 0 Å². The summed E-state index contributed by atoms with van der Waals surface area (Å²) in [7, 11) is 2.11. The SMILES string of the molecule is CCOc1ccc(NCCN(C)c2ccccc2)cc1. The Morgan fingerprint density at radius 1 is 1.00 bits per heavy atom. The molecule has 0 saturated carbocycles. The van der Waals surface area contributed by atoms with Crippen LogP contribution in [0.1, 0.15) is 6.92 Å². The maximum Gasteiger partial charge on any atom is 0.119 e. The molecule has 3 nitrogen and oxygen atoms in total. The third-order valence-electron chi connectivity index (χ3n) is 3.14. The summed E-state index contributed by atoms with van der Waals surface area (Å²) >= 11 is 0. The van der Waals surface area contributed by atoms with Crippen LogP contribution in [0, 0.1) is 0 Å². The number of para-hydroxylation sites is 1. The molecule has 20 heavy (non-hydrogen) atoms. The van der Waals surface area contributed by atoms with Gasteiger partial charge in [0, 0.05) is 31.5 Å². The van der Waals surface area contributed by atoms with Crippen LogP contribution in [-0.2, 0) is 0 Å². The van der Waals surface area contributed by atoms with Gasteiger partial charge in [0.15, 0.2) is 0 Å². The first kappa shape index (κ1) is 14.3. The van der Waals surface area contributed by atoms with Crippen molar-refractivity contribution in [3.63, 3.8) is 0 Å². The average molecular weight is 270 g/mol. The lowest BCUT2D eigenvalue weighted by Crippen LogP contribution is -2.24. The smallest absolute Gasteiger partial charge is 0.119 e. The van der Waals surface area contributed by atoms with Crippen LogP contribution in [0.15, 0.2) is 54.6 Å². The molecule has 0 spiro atoms. The van der Waals surface area contributed by atoms with Gasteiger partial charge in [-0.25, -0.2) is 0 Å². The molecule has 3 heteroatoms. The third kappa shape index (κ3) is 4.19. The molecule has 2 aromatic rings. The Kier molecular flexibility index (Phi) is 5.30. The number of hydrogen-bond acceptors (Lipinski definition) is 3. The monoisotopic (exact) mass is 270 g/mol. The summed E-state index contributed by atoms with van der Waals surface area (Å²) in [5.74, 6) is 0.916. The highest BCUT2D eigenvalue weighted by Crippen LogP contribution is 2.15. The zero-order valence-corrected chi connectivity index (χ0v) is 12.2. The van der Waals surface area contributed by atoms with Crippen molar-refractivity contribution in [1.29, 1.82) is 0 Å². The number of anilines is 2. The van der Waals surface area contributed by atoms with Crippen LogP contribution >= 0.6 is 0 Å². The van der Waals surface area contributed by atoms with Gasteiger partial charge in [-0.1, -0.05) is 18.2 Å². The van der Waals surface area contributed by atoms with Crippen molar-refractivity contribution in [3.8, 4) is 5.75 Å². The summed E-state index contributed by atoms with van der Waals surface area (Å²) in [6.07, 6.45) is 0. The highest BCUT2D eigenvalue weighted by Gasteiger charge is 1.99. The summed E-state index contributed by atoms with van der Waals surface area (Å²) in [6, 6.07) is 18.5. The van der Waals surface area contributed by atoms with E-state index in [1.54, 1.807) is 0 Å². The molecule has 106 valence electrons. The van der Waals surface area contributed by atoms with Crippen LogP contribution in [0.4, 0.5) is 11.4 Å². The second-order valence-corrected chi connectivity index (χ2v) is 4.64. The molecule has 0 fully saturated rings. The van der Waals surface area contributed by atoms with Gasteiger partial charge in [0.2, 0.25) is 0 Å². The van der Waals surface area contributed by atoms with Crippen molar-refractivity contribution in [2.24, 2.45) is 0 Å². The van der Waals surface area contributed by atoms with E-state index >= 15 is 0 Å². The number of hydrogen-bond donors (Lipinski definition) is 1. The van der Waals surface area contributed by atoms with Crippen molar-refractivity contribution in [2.45, 2.75) is 6.92 Å². The minimum Gasteiger partial charge on any atom is -0.494 e. The number of likely N-dealkylation sites (N-methyl/N-ethyl adjacent to an activating group) is 1. The summed E-state index contributed by atoms with van der Waals surface area (Å²) in [4.78, 5) is 2.24. The molecular formula is C17H22N2O. The van der Waals surface area contributed by atoms with Gasteiger partial charge < -0.3 is 15.0 Å². The minimum atomic E-state index is 0.703. The third-order valence-corrected chi connectivity index (χ3v) is 3.14. The van der Waals surface area contributed by atoms with Crippen LogP contribution in [0.25, 0.3) is 0 Å². The Hall–Kier alpha value is -2.16. The Bertz CT molecular complexity index is 496. The molecule has 2 rings (SSSR count). The van der Waals surface area contributed by atoms with E-state index in [1.807, 2.05) is 37.3 Å². The first-order chi connectivity index (χ1) is 9.79. The van der Waals surface area contributed by atoms with Crippen LogP contribution in [0.2, 0.25) is 0 Å². The molecule has 0 aromatic heterocycles. The Labute approximate surface area is 121 Å². The topological polar surface area (TPSA) is 24.5 Å². The summed E-state index contributed by atoms with van der Waals surface area (Å²) < 4.78 is 5.43. The fourth-order valence-electron chi connectivity index (χ4n) is 2.02. The highest BCUT2D eigenvalue weighted by molar-refractivity contribution is 5.48. The van der Waals surface area contributed by atoms with E-state index in [0.717, 1.165) is 24.5 Å². The van der Waals surface area contributed by atoms with Crippen molar-refractivity contribution >= 4 is 11.4 Å². The van der Waals surface area contributed by atoms with Crippen LogP contribution in [-0.4, -0.2) is 26.7 Å². The second kappa shape index (κ2) is 7.43. The molecule has 0 aliphatic carbocycles. The predicted molar refractivity (Wildman–Crippen MR) is 85.8 cm³/mol. The van der Waals surface area contributed by atoms with E-state index in [-0.39, 0.29) is 0 Å². The number of benzene rings is 2. The van der Waals surface area contributed by atoms with E-state index in [2.05, 4.69) is 41.5 Å². The molecule has 0 radical (unpaired) electrons. The Balaban J connectivity index is 1.78. The number of rotatable bonds is 7. The van der Waals surface area contributed by atoms with Gasteiger partial charge in [0.05, 0.1) is 6.61 Å². The highest BCUT2D eigenvalue weighted by atomic mass is 16.5. The molecule has 2 aromatic carbocycles. The Morgan fingerprint density at radius 2 is 1.70 bits per heavy atom. The maximum absolute atomic E-state index is 5.43. The molecule has 1 N–H and O–H groups in total. The van der Waals surface area contributed by atoms with E-state index in [4.69, 9.17) is 4.74 Å². The maximum atomic E-state index is 5.43. The van der Waals surface area contributed by atoms with Crippen molar-refractivity contribution in [3.05, 3.63) is 54.6 Å². The fraction of sp³-hybridized carbons (Fsp3) is 0.294. The van der Waals surface area contributed by atoms with Crippen LogP contribution in [0.3, 0.4) is 0 Å². The molecule has 0 aliphatic rings. The number of nitrogens with zero attached hydrogens (tertiary/aromatic N) is 1. The molecule has 0 unspecified atom stereocenters. The molecular weight excluding hydrogens is 248 g/mol. The molecule has 0 heterocycles. The minimum absolute atomic E-state index is 0.703. The Morgan fingerprint density at radius 3 is 2.35 bits per heavy atom. The van der Waals surface area contributed by atoms with Gasteiger partial charge in [0.25, 0.3) is 0 Å². The van der Waals surface area contributed by atoms with Gasteiger partial charge >= 0.3 is 0 Å². The lowest BCUT2D eigenvalue weighted by Gasteiger charge is -2.19. The molecule has 0 amide bonds. The van der Waals surface area contributed by atoms with Gasteiger partial charge in [-0.15, -0.1) is 0 Å². The molecule has 0 aliphatic heterocycles. The quantitative estimate of drug-likeness (QED) is 0.831. The van der Waals surface area contributed by atoms with Gasteiger partial charge in [0.1, 0.15) is 5.75 Å². The summed E-state index contributed by atoms with van der Waals surface area (Å²) in [6.45, 7) is 4.55. The lowest BCUT2D eigenvalue weighted by molar-refractivity contribution is 0.340. The average Bonchev–Trinajstić information content (AvgIpc) is 2.50. The van der Waals surface area contributed by atoms with Crippen molar-refractivity contribution in [2.75, 3.05) is 37.0 Å². The van der Waals surface area contributed by atoms with Crippen molar-refractivity contribution < 1.29 is 4.74 Å². The van der Waals surface area contributed by atoms with Crippen molar-refractivity contribution in [1.82, 2.24) is 0 Å². The second-order valence-electron chi connectivity index (χ2n) is 4.64. The van der Waals surface area contributed by atoms with Crippen LogP contribution in [0.5, 0.6) is 5.75 Å². The van der Waals surface area contributed by atoms with E-state index in [1.165, 1.54) is 5.69 Å². The van der Waals surface area contributed by atoms with E-state index in [0.29, 0.717) is 6.61 Å². The predicted octanol–water partition coefficient (Wildman–Crippen LogP) is 3.63. The largest absolute Gasteiger partial charge is 0.494 e. The standard InChI is InChI=1S/C17H22N2O/c1-3-20-17-11-9-15(10-12-17)18-13-14-19(2)16-7-5-4-6-8-16/h4-12,18H,3,13-14H2,1-2H3. The molecule has 0 saturated heterocycles. The number of ether oxygens (including phenoxy) is 1. The number of nitrogens with one attached hydrogen (secondary N) is 1. The van der Waals surface area contributed by atoms with Gasteiger partial charge in [-0.3, -0.25) is 0 Å². The van der Waals surface area contributed by atoms with E-state index < -0.39 is 0 Å². The zero-order valence-electron chi connectivity index (χ0n) is 12.2. The molecule has 0 atom stereocenters. The summed E-state index contributed by atoms with van der Waals surface area (Å²) in [5, 5.41) is 3.42. The van der Waals surface area contributed by atoms with Gasteiger partial charge in [-0.05, 0) is 43.3 Å². The fourth-order valence-corrected chi connectivity index (χ4v) is 2.02. The normalized spacial score (nSPS) is 10.1. The first-order valence-electron chi connectivity index (χ1n) is 7.02.